The normalized spacial score (nSPS) is 10.9. The third-order valence-corrected chi connectivity index (χ3v) is 5.11. The minimum Gasteiger partial charge on any atom is -0.493 e. The topological polar surface area (TPSA) is 84.3 Å². The van der Waals surface area contributed by atoms with Gasteiger partial charge in [0.2, 0.25) is 5.88 Å². The Hall–Kier alpha value is -2.50. The summed E-state index contributed by atoms with van der Waals surface area (Å²) < 4.78 is 6.59. The maximum absolute atomic E-state index is 12.1. The zero-order chi connectivity index (χ0) is 20.9. The molecule has 2 rings (SSSR count). The lowest BCUT2D eigenvalue weighted by Crippen LogP contribution is -2.19. The zero-order valence-electron chi connectivity index (χ0n) is 17.5. The van der Waals surface area contributed by atoms with Gasteiger partial charge in [-0.25, -0.2) is 4.79 Å². The molecule has 0 bridgehead atoms. The van der Waals surface area contributed by atoms with Crippen LogP contribution in [0, 0.1) is 0 Å². The van der Waals surface area contributed by atoms with Crippen molar-refractivity contribution in [2.45, 2.75) is 77.7 Å². The maximum atomic E-state index is 12.1. The van der Waals surface area contributed by atoms with Gasteiger partial charge in [0, 0.05) is 13.0 Å². The predicted octanol–water partition coefficient (Wildman–Crippen LogP) is 4.35. The molecule has 0 unspecified atom stereocenters. The van der Waals surface area contributed by atoms with E-state index in [4.69, 9.17) is 4.74 Å². The summed E-state index contributed by atoms with van der Waals surface area (Å²) >= 11 is 0. The van der Waals surface area contributed by atoms with Crippen molar-refractivity contribution < 1.29 is 14.6 Å². The molecule has 0 radical (unpaired) electrons. The van der Waals surface area contributed by atoms with E-state index in [1.807, 2.05) is 13.0 Å². The second-order valence-electron chi connectivity index (χ2n) is 7.39. The van der Waals surface area contributed by atoms with Crippen LogP contribution in [0.25, 0.3) is 0 Å². The smallest absolute Gasteiger partial charge is 0.328 e. The number of aromatic amines is 1. The molecule has 0 saturated heterocycles. The number of aryl methyl sites for hydroxylation is 1. The molecule has 0 atom stereocenters. The first kappa shape index (κ1) is 22.8. The van der Waals surface area contributed by atoms with Crippen molar-refractivity contribution in [1.29, 1.82) is 0 Å². The third kappa shape index (κ3) is 8.18. The van der Waals surface area contributed by atoms with Gasteiger partial charge in [-0.2, -0.15) is 0 Å². The number of nitrogens with one attached hydrogen (secondary N) is 1. The Balaban J connectivity index is 1.68. The number of hydrogen-bond acceptors (Lipinski definition) is 4. The van der Waals surface area contributed by atoms with Gasteiger partial charge in [0.15, 0.2) is 0 Å². The Morgan fingerprint density at radius 2 is 1.69 bits per heavy atom. The number of benzene rings is 1. The van der Waals surface area contributed by atoms with E-state index in [0.717, 1.165) is 51.4 Å². The van der Waals surface area contributed by atoms with Gasteiger partial charge in [-0.15, -0.1) is 0 Å². The van der Waals surface area contributed by atoms with Crippen molar-refractivity contribution in [1.82, 2.24) is 9.55 Å². The van der Waals surface area contributed by atoms with Crippen LogP contribution in [0.3, 0.4) is 0 Å². The number of ether oxygens (including phenoxy) is 1. The Morgan fingerprint density at radius 3 is 2.45 bits per heavy atom. The zero-order valence-corrected chi connectivity index (χ0v) is 17.5. The molecule has 0 aliphatic carbocycles. The average Bonchev–Trinajstić information content (AvgIpc) is 2.98. The molecule has 6 nitrogen and oxygen atoms in total. The van der Waals surface area contributed by atoms with Crippen LogP contribution in [0.15, 0.2) is 35.1 Å². The number of esters is 1. The molecule has 2 aromatic rings. The number of nitrogens with zero attached hydrogens (tertiary/aromatic N) is 1. The van der Waals surface area contributed by atoms with Gasteiger partial charge >= 0.3 is 11.7 Å². The minimum absolute atomic E-state index is 0.00851. The number of H-pyrrole nitrogens is 1. The van der Waals surface area contributed by atoms with Crippen LogP contribution in [0.4, 0.5) is 0 Å². The molecule has 0 spiro atoms. The summed E-state index contributed by atoms with van der Waals surface area (Å²) in [5.74, 6) is -0.150. The van der Waals surface area contributed by atoms with Gasteiger partial charge < -0.3 is 9.84 Å². The van der Waals surface area contributed by atoms with Crippen molar-refractivity contribution in [2.75, 3.05) is 6.61 Å². The Kier molecular flexibility index (Phi) is 10.1. The highest BCUT2D eigenvalue weighted by atomic mass is 16.5. The summed E-state index contributed by atoms with van der Waals surface area (Å²) in [4.78, 5) is 26.0. The number of unbranched alkanes of at least 4 members (excludes halogenated alkanes) is 5. The molecule has 0 amide bonds. The van der Waals surface area contributed by atoms with E-state index in [1.165, 1.54) is 5.56 Å². The van der Waals surface area contributed by atoms with Crippen LogP contribution in [0.5, 0.6) is 5.88 Å². The summed E-state index contributed by atoms with van der Waals surface area (Å²) in [6, 6.07) is 10.4. The molecule has 1 aromatic carbocycles. The molecule has 0 aliphatic heterocycles. The first-order valence-corrected chi connectivity index (χ1v) is 10.8. The average molecular weight is 403 g/mol. The number of aromatic nitrogens is 2. The van der Waals surface area contributed by atoms with Crippen molar-refractivity contribution in [2.24, 2.45) is 0 Å². The molecule has 0 aliphatic rings. The fourth-order valence-corrected chi connectivity index (χ4v) is 3.55. The minimum atomic E-state index is -0.233. The van der Waals surface area contributed by atoms with Gasteiger partial charge in [-0.3, -0.25) is 14.3 Å². The monoisotopic (exact) mass is 402 g/mol. The molecular weight excluding hydrogens is 368 g/mol. The van der Waals surface area contributed by atoms with E-state index in [0.29, 0.717) is 31.7 Å². The van der Waals surface area contributed by atoms with Crippen LogP contribution in [0.2, 0.25) is 0 Å². The van der Waals surface area contributed by atoms with Crippen LogP contribution in [-0.2, 0) is 28.9 Å². The second-order valence-corrected chi connectivity index (χ2v) is 7.39. The number of carbonyl (C=O) groups is 1. The summed E-state index contributed by atoms with van der Waals surface area (Å²) in [6.07, 6.45) is 8.79. The van der Waals surface area contributed by atoms with Gasteiger partial charge in [-0.05, 0) is 51.0 Å². The highest BCUT2D eigenvalue weighted by Gasteiger charge is 2.12. The van der Waals surface area contributed by atoms with E-state index in [2.05, 4.69) is 29.2 Å². The molecule has 0 saturated carbocycles. The summed E-state index contributed by atoms with van der Waals surface area (Å²) in [6.45, 7) is 2.86. The molecule has 0 fully saturated rings. The lowest BCUT2D eigenvalue weighted by molar-refractivity contribution is -0.143. The molecular formula is C23H34N2O4. The number of rotatable bonds is 14. The second kappa shape index (κ2) is 12.9. The van der Waals surface area contributed by atoms with Crippen molar-refractivity contribution in [3.05, 3.63) is 52.1 Å². The largest absolute Gasteiger partial charge is 0.493 e. The number of imidazole rings is 1. The van der Waals surface area contributed by atoms with E-state index < -0.39 is 0 Å². The summed E-state index contributed by atoms with van der Waals surface area (Å²) in [5.41, 5.74) is 1.80. The molecule has 1 aromatic heterocycles. The first-order valence-electron chi connectivity index (χ1n) is 10.8. The highest BCUT2D eigenvalue weighted by Crippen LogP contribution is 2.17. The number of aromatic hydroxyl groups is 1. The molecule has 29 heavy (non-hydrogen) atoms. The van der Waals surface area contributed by atoms with E-state index in [9.17, 15) is 14.7 Å². The Labute approximate surface area is 172 Å². The van der Waals surface area contributed by atoms with Gasteiger partial charge in [0.25, 0.3) is 0 Å². The van der Waals surface area contributed by atoms with Crippen molar-refractivity contribution >= 4 is 5.97 Å². The van der Waals surface area contributed by atoms with Gasteiger partial charge in [-0.1, -0.05) is 49.6 Å². The van der Waals surface area contributed by atoms with Crippen LogP contribution >= 0.6 is 0 Å². The first-order chi connectivity index (χ1) is 14.1. The predicted molar refractivity (Wildman–Crippen MR) is 114 cm³/mol. The molecule has 1 heterocycles. The van der Waals surface area contributed by atoms with Crippen molar-refractivity contribution in [3.8, 4) is 5.88 Å². The number of hydrogen-bond donors (Lipinski definition) is 2. The van der Waals surface area contributed by atoms with E-state index >= 15 is 0 Å². The summed E-state index contributed by atoms with van der Waals surface area (Å²) in [5, 5.41) is 10.1. The Morgan fingerprint density at radius 1 is 1.00 bits per heavy atom. The standard InChI is InChI=1S/C23H34N2O4/c1-2-29-21(26)17-11-4-3-10-16-20-22(27)24-23(28)25(20)18-12-6-9-15-19-13-7-5-8-14-19/h5,7-8,13-14,27H,2-4,6,9-12,15-18H2,1H3,(H,24,28). The fourth-order valence-electron chi connectivity index (χ4n) is 3.55. The molecule has 2 N–H and O–H groups in total. The van der Waals surface area contributed by atoms with E-state index in [1.54, 1.807) is 4.57 Å². The lowest BCUT2D eigenvalue weighted by atomic mass is 10.1. The third-order valence-electron chi connectivity index (χ3n) is 5.11. The maximum Gasteiger partial charge on any atom is 0.328 e. The lowest BCUT2D eigenvalue weighted by Gasteiger charge is -2.08. The van der Waals surface area contributed by atoms with Crippen LogP contribution in [0.1, 0.15) is 69.5 Å². The molecule has 160 valence electrons. The quantitative estimate of drug-likeness (QED) is 0.363. The highest BCUT2D eigenvalue weighted by molar-refractivity contribution is 5.69. The van der Waals surface area contributed by atoms with Gasteiger partial charge in [0.1, 0.15) is 0 Å². The molecule has 6 heteroatoms. The summed E-state index contributed by atoms with van der Waals surface area (Å²) in [7, 11) is 0. The van der Waals surface area contributed by atoms with Gasteiger partial charge in [0.05, 0.1) is 12.3 Å². The van der Waals surface area contributed by atoms with E-state index in [-0.39, 0.29) is 17.5 Å². The number of carbonyl (C=O) groups excluding carboxylic acids is 1. The van der Waals surface area contributed by atoms with Crippen LogP contribution < -0.4 is 5.69 Å². The van der Waals surface area contributed by atoms with Crippen LogP contribution in [-0.4, -0.2) is 27.2 Å². The SMILES string of the molecule is CCOC(=O)CCCCCCc1c(O)[nH]c(=O)n1CCCCCc1ccccc1. The Bertz CT molecular complexity index is 780. The van der Waals surface area contributed by atoms with Crippen molar-refractivity contribution in [3.63, 3.8) is 0 Å². The fraction of sp³-hybridized carbons (Fsp3) is 0.565.